The summed E-state index contributed by atoms with van der Waals surface area (Å²) in [6, 6.07) is 0. The van der Waals surface area contributed by atoms with E-state index in [0.717, 1.165) is 6.92 Å². The molecule has 52 valence electrons. The predicted molar refractivity (Wildman–Crippen MR) is 27.5 cm³/mol. The van der Waals surface area contributed by atoms with E-state index in [2.05, 4.69) is 5.73 Å². The van der Waals surface area contributed by atoms with Crippen molar-refractivity contribution in [1.29, 1.82) is 0 Å². The van der Waals surface area contributed by atoms with Gasteiger partial charge in [-0.2, -0.15) is 0 Å². The number of hydrogen-bond donors (Lipinski definition) is 3. The van der Waals surface area contributed by atoms with Crippen LogP contribution in [-0.2, 0) is 9.59 Å². The highest BCUT2D eigenvalue weighted by molar-refractivity contribution is 6.03. The molecule has 0 aliphatic carbocycles. The standard InChI is InChI=1S/C4H7NO4/c1-4(9,2(5)6)3(7)8/h9H,1H3,(H2,5,6)(H,7,8). The molecule has 0 aromatic rings. The van der Waals surface area contributed by atoms with E-state index in [0.29, 0.717) is 0 Å². The van der Waals surface area contributed by atoms with Crippen LogP contribution in [0.4, 0.5) is 0 Å². The van der Waals surface area contributed by atoms with Crippen LogP contribution in [0.15, 0.2) is 0 Å². The monoisotopic (exact) mass is 133 g/mol. The zero-order valence-corrected chi connectivity index (χ0v) is 4.79. The summed E-state index contributed by atoms with van der Waals surface area (Å²) in [7, 11) is 0. The molecule has 0 saturated carbocycles. The Labute approximate surface area is 51.1 Å². The maximum atomic E-state index is 10.1. The van der Waals surface area contributed by atoms with E-state index < -0.39 is 17.5 Å². The fraction of sp³-hybridized carbons (Fsp3) is 0.500. The average Bonchev–Trinajstić information content (AvgIpc) is 1.65. The zero-order chi connectivity index (χ0) is 7.65. The lowest BCUT2D eigenvalue weighted by Gasteiger charge is -2.11. The van der Waals surface area contributed by atoms with E-state index in [1.807, 2.05) is 0 Å². The molecule has 0 aliphatic rings. The predicted octanol–water partition coefficient (Wildman–Crippen LogP) is -1.69. The summed E-state index contributed by atoms with van der Waals surface area (Å²) < 4.78 is 0. The summed E-state index contributed by atoms with van der Waals surface area (Å²) in [6.45, 7) is 0.817. The van der Waals surface area contributed by atoms with E-state index in [1.54, 1.807) is 0 Å². The molecule has 0 fully saturated rings. The summed E-state index contributed by atoms with van der Waals surface area (Å²) in [5, 5.41) is 16.7. The first-order chi connectivity index (χ1) is 3.89. The van der Waals surface area contributed by atoms with Crippen LogP contribution in [0, 0.1) is 0 Å². The fourth-order valence-electron chi connectivity index (χ4n) is 0.105. The van der Waals surface area contributed by atoms with Crippen LogP contribution in [0.3, 0.4) is 0 Å². The molecule has 5 heteroatoms. The Bertz CT molecular complexity index is 135. The number of nitrogens with two attached hydrogens (primary N) is 1. The molecule has 1 atom stereocenters. The number of carbonyl (C=O) groups is 2. The van der Waals surface area contributed by atoms with Gasteiger partial charge in [-0.15, -0.1) is 0 Å². The minimum absolute atomic E-state index is 0.817. The van der Waals surface area contributed by atoms with Crippen LogP contribution >= 0.6 is 0 Å². The van der Waals surface area contributed by atoms with Gasteiger partial charge in [0.25, 0.3) is 5.91 Å². The number of amides is 1. The van der Waals surface area contributed by atoms with Gasteiger partial charge in [0.2, 0.25) is 5.60 Å². The van der Waals surface area contributed by atoms with Crippen LogP contribution in [0.1, 0.15) is 6.92 Å². The molecule has 0 rings (SSSR count). The quantitative estimate of drug-likeness (QED) is 0.391. The van der Waals surface area contributed by atoms with Crippen LogP contribution in [0.25, 0.3) is 0 Å². The highest BCUT2D eigenvalue weighted by Crippen LogP contribution is 1.99. The van der Waals surface area contributed by atoms with Gasteiger partial charge in [0.15, 0.2) is 0 Å². The summed E-state index contributed by atoms with van der Waals surface area (Å²) in [4.78, 5) is 20.0. The Hall–Kier alpha value is -1.10. The molecule has 9 heavy (non-hydrogen) atoms. The first-order valence-corrected chi connectivity index (χ1v) is 2.14. The second-order valence-corrected chi connectivity index (χ2v) is 1.74. The zero-order valence-electron chi connectivity index (χ0n) is 4.79. The van der Waals surface area contributed by atoms with E-state index in [-0.39, 0.29) is 0 Å². The minimum Gasteiger partial charge on any atom is -0.479 e. The molecule has 0 aliphatic heterocycles. The number of primary amides is 1. The van der Waals surface area contributed by atoms with Crippen molar-refractivity contribution in [1.82, 2.24) is 0 Å². The van der Waals surface area contributed by atoms with E-state index in [1.165, 1.54) is 0 Å². The summed E-state index contributed by atoms with van der Waals surface area (Å²) in [5.41, 5.74) is 2.06. The van der Waals surface area contributed by atoms with Gasteiger partial charge in [-0.05, 0) is 6.92 Å². The molecular formula is C4H7NO4. The van der Waals surface area contributed by atoms with E-state index in [9.17, 15) is 9.59 Å². The van der Waals surface area contributed by atoms with Gasteiger partial charge >= 0.3 is 5.97 Å². The smallest absolute Gasteiger partial charge is 0.345 e. The molecule has 1 unspecified atom stereocenters. The molecule has 0 heterocycles. The largest absolute Gasteiger partial charge is 0.479 e. The van der Waals surface area contributed by atoms with Crippen molar-refractivity contribution in [3.05, 3.63) is 0 Å². The third-order valence-corrected chi connectivity index (χ3v) is 0.896. The lowest BCUT2D eigenvalue weighted by Crippen LogP contribution is -2.47. The molecule has 0 radical (unpaired) electrons. The lowest BCUT2D eigenvalue weighted by molar-refractivity contribution is -0.162. The van der Waals surface area contributed by atoms with Gasteiger partial charge in [0.1, 0.15) is 0 Å². The summed E-state index contributed by atoms with van der Waals surface area (Å²) in [6.07, 6.45) is 0. The van der Waals surface area contributed by atoms with Gasteiger partial charge in [0, 0.05) is 0 Å². The van der Waals surface area contributed by atoms with Gasteiger partial charge in [0.05, 0.1) is 0 Å². The van der Waals surface area contributed by atoms with E-state index in [4.69, 9.17) is 10.2 Å². The number of aliphatic carboxylic acids is 1. The topological polar surface area (TPSA) is 101 Å². The minimum atomic E-state index is -2.44. The van der Waals surface area contributed by atoms with Crippen molar-refractivity contribution >= 4 is 11.9 Å². The number of carbonyl (C=O) groups excluding carboxylic acids is 1. The van der Waals surface area contributed by atoms with E-state index >= 15 is 0 Å². The van der Waals surface area contributed by atoms with Crippen molar-refractivity contribution in [2.75, 3.05) is 0 Å². The second-order valence-electron chi connectivity index (χ2n) is 1.74. The summed E-state index contributed by atoms with van der Waals surface area (Å²) in [5.74, 6) is -2.91. The first-order valence-electron chi connectivity index (χ1n) is 2.14. The second kappa shape index (κ2) is 2.02. The lowest BCUT2D eigenvalue weighted by atomic mass is 10.1. The number of hydrogen-bond acceptors (Lipinski definition) is 3. The Morgan fingerprint density at radius 3 is 1.89 bits per heavy atom. The molecular weight excluding hydrogens is 126 g/mol. The van der Waals surface area contributed by atoms with Crippen molar-refractivity contribution in [2.45, 2.75) is 12.5 Å². The molecule has 0 spiro atoms. The van der Waals surface area contributed by atoms with Crippen molar-refractivity contribution in [3.63, 3.8) is 0 Å². The number of carboxylic acids is 1. The molecule has 0 aromatic carbocycles. The number of carboxylic acid groups (broad SMARTS) is 1. The Kier molecular flexibility index (Phi) is 1.77. The van der Waals surface area contributed by atoms with Crippen LogP contribution in [0.2, 0.25) is 0 Å². The van der Waals surface area contributed by atoms with Crippen molar-refractivity contribution < 1.29 is 19.8 Å². The van der Waals surface area contributed by atoms with Crippen LogP contribution in [-0.4, -0.2) is 27.7 Å². The highest BCUT2D eigenvalue weighted by atomic mass is 16.4. The Morgan fingerprint density at radius 1 is 1.56 bits per heavy atom. The SMILES string of the molecule is CC(O)(C(N)=O)C(=O)O. The maximum absolute atomic E-state index is 10.1. The van der Waals surface area contributed by atoms with Crippen LogP contribution in [0.5, 0.6) is 0 Å². The fourth-order valence-corrected chi connectivity index (χ4v) is 0.105. The normalized spacial score (nSPS) is 16.2. The van der Waals surface area contributed by atoms with Gasteiger partial charge in [-0.1, -0.05) is 0 Å². The molecule has 1 amide bonds. The van der Waals surface area contributed by atoms with Gasteiger partial charge in [-0.3, -0.25) is 4.79 Å². The molecule has 0 aromatic heterocycles. The Morgan fingerprint density at radius 2 is 1.89 bits per heavy atom. The van der Waals surface area contributed by atoms with Crippen molar-refractivity contribution in [2.24, 2.45) is 5.73 Å². The third kappa shape index (κ3) is 1.39. The average molecular weight is 133 g/mol. The molecule has 0 bridgehead atoms. The van der Waals surface area contributed by atoms with Gasteiger partial charge < -0.3 is 15.9 Å². The first kappa shape index (κ1) is 7.90. The molecule has 5 nitrogen and oxygen atoms in total. The molecule has 4 N–H and O–H groups in total. The van der Waals surface area contributed by atoms with Gasteiger partial charge in [-0.25, -0.2) is 4.79 Å². The number of rotatable bonds is 2. The maximum Gasteiger partial charge on any atom is 0.345 e. The summed E-state index contributed by atoms with van der Waals surface area (Å²) >= 11 is 0. The highest BCUT2D eigenvalue weighted by Gasteiger charge is 2.36. The molecule has 0 saturated heterocycles. The third-order valence-electron chi connectivity index (χ3n) is 0.896. The Balaban J connectivity index is 4.38. The van der Waals surface area contributed by atoms with Crippen LogP contribution < -0.4 is 5.73 Å². The van der Waals surface area contributed by atoms with Crippen molar-refractivity contribution in [3.8, 4) is 0 Å². The number of aliphatic hydroxyl groups is 1.